The highest BCUT2D eigenvalue weighted by atomic mass is 28.3. The second-order valence-corrected chi connectivity index (χ2v) is 15.6. The molecular weight excluding hydrogens is 406 g/mol. The summed E-state index contributed by atoms with van der Waals surface area (Å²) in [5.74, 6) is 3.66. The number of hydrogen-bond donors (Lipinski definition) is 0. The minimum Gasteiger partial charge on any atom is -0.383 e. The van der Waals surface area contributed by atoms with Crippen LogP contribution in [0, 0.1) is 11.5 Å². The van der Waals surface area contributed by atoms with Crippen LogP contribution in [0.2, 0.25) is 16.6 Å². The van der Waals surface area contributed by atoms with E-state index in [4.69, 9.17) is 4.84 Å². The van der Waals surface area contributed by atoms with E-state index in [9.17, 15) is 0 Å². The van der Waals surface area contributed by atoms with Gasteiger partial charge >= 0.3 is 0 Å². The molecule has 1 atom stereocenters. The summed E-state index contributed by atoms with van der Waals surface area (Å²) in [5.41, 5.74) is 10.2. The molecule has 2 aromatic carbocycles. The number of nitrogens with zero attached hydrogens (tertiary/aromatic N) is 1. The molecule has 1 aliphatic carbocycles. The van der Waals surface area contributed by atoms with Crippen LogP contribution >= 0.6 is 0 Å². The molecule has 0 unspecified atom stereocenters. The smallest absolute Gasteiger partial charge is 0.178 e. The van der Waals surface area contributed by atoms with Crippen molar-refractivity contribution in [1.29, 1.82) is 0 Å². The number of hydrogen-bond acceptors (Lipinski definition) is 2. The Morgan fingerprint density at radius 3 is 1.94 bits per heavy atom. The predicted octanol–water partition coefficient (Wildman–Crippen LogP) is 8.29. The van der Waals surface area contributed by atoms with Gasteiger partial charge in [0.15, 0.2) is 6.10 Å². The monoisotopic (exact) mass is 445 g/mol. The van der Waals surface area contributed by atoms with E-state index >= 15 is 0 Å². The van der Waals surface area contributed by atoms with Crippen molar-refractivity contribution in [3.8, 4) is 11.5 Å². The Labute approximate surface area is 196 Å². The zero-order chi connectivity index (χ0) is 23.1. The average molecular weight is 446 g/mol. The van der Waals surface area contributed by atoms with Gasteiger partial charge in [-0.1, -0.05) is 101 Å². The van der Waals surface area contributed by atoms with Crippen LogP contribution in [0.1, 0.15) is 90.0 Å². The highest BCUT2D eigenvalue weighted by Crippen LogP contribution is 2.41. The molecule has 0 N–H and O–H groups in total. The zero-order valence-corrected chi connectivity index (χ0v) is 21.7. The van der Waals surface area contributed by atoms with Crippen LogP contribution in [0.4, 0.5) is 0 Å². The van der Waals surface area contributed by atoms with Crippen molar-refractivity contribution in [2.24, 2.45) is 5.16 Å². The second-order valence-electron chi connectivity index (χ2n) is 10.00. The lowest BCUT2D eigenvalue weighted by molar-refractivity contribution is 0.0865. The summed E-state index contributed by atoms with van der Waals surface area (Å²) in [6.45, 7) is 14.2. The van der Waals surface area contributed by atoms with Gasteiger partial charge in [-0.05, 0) is 53.9 Å². The number of rotatable bonds is 7. The third-order valence-corrected chi connectivity index (χ3v) is 13.4. The zero-order valence-electron chi connectivity index (χ0n) is 20.7. The molecule has 1 aliphatic rings. The molecule has 0 amide bonds. The van der Waals surface area contributed by atoms with E-state index in [-0.39, 0.29) is 6.10 Å². The fraction of sp³-hybridized carbons (Fsp3) is 0.483. The van der Waals surface area contributed by atoms with E-state index in [1.807, 2.05) is 6.07 Å². The van der Waals surface area contributed by atoms with Crippen LogP contribution < -0.4 is 0 Å². The maximum Gasteiger partial charge on any atom is 0.178 e. The third kappa shape index (κ3) is 5.35. The molecule has 0 aliphatic heterocycles. The van der Waals surface area contributed by atoms with E-state index in [1.165, 1.54) is 18.6 Å². The maximum atomic E-state index is 6.24. The Morgan fingerprint density at radius 2 is 1.34 bits per heavy atom. The van der Waals surface area contributed by atoms with Crippen molar-refractivity contribution in [3.05, 3.63) is 71.3 Å². The minimum atomic E-state index is -1.82. The molecule has 0 bridgehead atoms. The van der Waals surface area contributed by atoms with Crippen LogP contribution in [-0.2, 0) is 4.84 Å². The van der Waals surface area contributed by atoms with E-state index < -0.39 is 8.07 Å². The van der Waals surface area contributed by atoms with Gasteiger partial charge in [0.05, 0.1) is 5.71 Å². The molecule has 3 rings (SSSR count). The molecule has 2 nitrogen and oxygen atoms in total. The van der Waals surface area contributed by atoms with Gasteiger partial charge in [0.1, 0.15) is 8.07 Å². The van der Waals surface area contributed by atoms with E-state index in [0.717, 1.165) is 29.5 Å². The van der Waals surface area contributed by atoms with E-state index in [1.54, 1.807) is 0 Å². The fourth-order valence-corrected chi connectivity index (χ4v) is 10.6. The third-order valence-electron chi connectivity index (χ3n) is 7.09. The van der Waals surface area contributed by atoms with Gasteiger partial charge in [0, 0.05) is 11.1 Å². The molecule has 0 heterocycles. The molecule has 0 radical (unpaired) electrons. The Morgan fingerprint density at radius 1 is 0.781 bits per heavy atom. The second kappa shape index (κ2) is 11.0. The van der Waals surface area contributed by atoms with Gasteiger partial charge in [-0.2, -0.15) is 0 Å². The predicted molar refractivity (Wildman–Crippen MR) is 140 cm³/mol. The summed E-state index contributed by atoms with van der Waals surface area (Å²) in [7, 11) is -1.82. The number of oxime groups is 1. The van der Waals surface area contributed by atoms with Crippen LogP contribution in [0.5, 0.6) is 0 Å². The number of benzene rings is 2. The van der Waals surface area contributed by atoms with Gasteiger partial charge < -0.3 is 4.84 Å². The average Bonchev–Trinajstić information content (AvgIpc) is 3.29. The first-order valence-corrected chi connectivity index (χ1v) is 14.5. The van der Waals surface area contributed by atoms with E-state index in [2.05, 4.69) is 107 Å². The molecule has 32 heavy (non-hydrogen) atoms. The molecule has 1 saturated carbocycles. The maximum absolute atomic E-state index is 6.24. The first kappa shape index (κ1) is 24.3. The molecule has 0 aromatic heterocycles. The largest absolute Gasteiger partial charge is 0.383 e. The lowest BCUT2D eigenvalue weighted by Gasteiger charge is -2.38. The first-order chi connectivity index (χ1) is 15.4. The van der Waals surface area contributed by atoms with Crippen molar-refractivity contribution < 1.29 is 4.84 Å². The summed E-state index contributed by atoms with van der Waals surface area (Å²) in [5, 5.41) is 4.59. The first-order valence-electron chi connectivity index (χ1n) is 12.2. The highest BCUT2D eigenvalue weighted by Gasteiger charge is 2.41. The summed E-state index contributed by atoms with van der Waals surface area (Å²) in [6.07, 6.45) is 4.28. The van der Waals surface area contributed by atoms with Crippen molar-refractivity contribution in [2.75, 3.05) is 0 Å². The Balaban J connectivity index is 2.06. The topological polar surface area (TPSA) is 21.6 Å². The van der Waals surface area contributed by atoms with Crippen molar-refractivity contribution in [2.45, 2.75) is 90.0 Å². The normalized spacial score (nSPS) is 15.1. The summed E-state index contributed by atoms with van der Waals surface area (Å²) >= 11 is 0. The summed E-state index contributed by atoms with van der Waals surface area (Å²) < 4.78 is 0. The molecule has 0 spiro atoms. The summed E-state index contributed by atoms with van der Waals surface area (Å²) in [6, 6.07) is 18.9. The standard InChI is InChI=1S/C29H39NOSi/c1-22(2)32(23(3)4,24(5)6)21-20-25-14-10-13-19-28(25)29(26-15-8-7-9-16-26)31-30-27-17-11-12-18-27/h7-10,13-16,19,22-24,29H,11-12,17-18H2,1-6H3/t29-/m0/s1. The summed E-state index contributed by atoms with van der Waals surface area (Å²) in [4.78, 5) is 6.24. The van der Waals surface area contributed by atoms with Gasteiger partial charge in [0.2, 0.25) is 0 Å². The van der Waals surface area contributed by atoms with Crippen molar-refractivity contribution in [3.63, 3.8) is 0 Å². The lowest BCUT2D eigenvalue weighted by atomic mass is 9.97. The Kier molecular flexibility index (Phi) is 8.37. The fourth-order valence-electron chi connectivity index (χ4n) is 5.37. The van der Waals surface area contributed by atoms with Gasteiger partial charge in [-0.25, -0.2) is 0 Å². The van der Waals surface area contributed by atoms with Gasteiger partial charge in [-0.3, -0.25) is 0 Å². The minimum absolute atomic E-state index is 0.247. The van der Waals surface area contributed by atoms with Crippen LogP contribution in [-0.4, -0.2) is 13.8 Å². The molecular formula is C29H39NOSi. The molecule has 1 fully saturated rings. The van der Waals surface area contributed by atoms with Gasteiger partial charge in [-0.15, -0.1) is 5.54 Å². The van der Waals surface area contributed by atoms with Crippen LogP contribution in [0.3, 0.4) is 0 Å². The SMILES string of the molecule is CC(C)[Si](C#Cc1ccccc1[C@@H](ON=C1CCCC1)c1ccccc1)(C(C)C)C(C)C. The molecule has 3 heteroatoms. The Bertz CT molecular complexity index is 936. The quantitative estimate of drug-likeness (QED) is 0.239. The molecule has 2 aromatic rings. The van der Waals surface area contributed by atoms with Crippen LogP contribution in [0.25, 0.3) is 0 Å². The Hall–Kier alpha value is -2.31. The van der Waals surface area contributed by atoms with Crippen molar-refractivity contribution in [1.82, 2.24) is 0 Å². The lowest BCUT2D eigenvalue weighted by Crippen LogP contribution is -2.43. The van der Waals surface area contributed by atoms with Crippen molar-refractivity contribution >= 4 is 13.8 Å². The van der Waals surface area contributed by atoms with Gasteiger partial charge in [0.25, 0.3) is 0 Å². The molecule has 0 saturated heterocycles. The molecule has 170 valence electrons. The highest BCUT2D eigenvalue weighted by molar-refractivity contribution is 6.90. The van der Waals surface area contributed by atoms with Crippen LogP contribution in [0.15, 0.2) is 59.8 Å². The van der Waals surface area contributed by atoms with E-state index in [0.29, 0.717) is 16.6 Å².